The molecule has 0 aliphatic rings. The average Bonchev–Trinajstić information content (AvgIpc) is 2.37. The summed E-state index contributed by atoms with van der Waals surface area (Å²) in [5, 5.41) is 10.00. The highest BCUT2D eigenvalue weighted by molar-refractivity contribution is 6.30. The molecule has 0 unspecified atom stereocenters. The van der Waals surface area contributed by atoms with Crippen molar-refractivity contribution in [2.24, 2.45) is 0 Å². The Morgan fingerprint density at radius 3 is 2.25 bits per heavy atom. The zero-order chi connectivity index (χ0) is 14.8. The van der Waals surface area contributed by atoms with E-state index >= 15 is 0 Å². The lowest BCUT2D eigenvalue weighted by Crippen LogP contribution is -2.04. The number of ether oxygens (including phenoxy) is 1. The van der Waals surface area contributed by atoms with Gasteiger partial charge in [-0.05, 0) is 36.4 Å². The van der Waals surface area contributed by atoms with Crippen LogP contribution in [0.1, 0.15) is 11.1 Å². The van der Waals surface area contributed by atoms with Gasteiger partial charge >= 0.3 is 6.18 Å². The monoisotopic (exact) mass is 302 g/mol. The van der Waals surface area contributed by atoms with Gasteiger partial charge in [-0.15, -0.1) is 0 Å². The van der Waals surface area contributed by atoms with Crippen LogP contribution in [0.3, 0.4) is 0 Å². The Hall–Kier alpha value is -1.88. The van der Waals surface area contributed by atoms with Crippen LogP contribution in [0.4, 0.5) is 13.2 Å². The van der Waals surface area contributed by atoms with Crippen molar-refractivity contribution in [1.82, 2.24) is 0 Å². The number of halogens is 4. The van der Waals surface area contributed by atoms with E-state index in [0.29, 0.717) is 10.6 Å². The topological polar surface area (TPSA) is 29.5 Å². The molecule has 6 heteroatoms. The molecule has 0 fully saturated rings. The summed E-state index contributed by atoms with van der Waals surface area (Å²) in [5.74, 6) is 0.261. The fourth-order valence-corrected chi connectivity index (χ4v) is 1.73. The second kappa shape index (κ2) is 5.63. The Morgan fingerprint density at radius 1 is 1.05 bits per heavy atom. The first-order valence-corrected chi connectivity index (χ1v) is 6.01. The highest BCUT2D eigenvalue weighted by atomic mass is 35.5. The minimum absolute atomic E-state index is 0.0237. The van der Waals surface area contributed by atoms with E-state index in [1.807, 2.05) is 0 Å². The summed E-state index contributed by atoms with van der Waals surface area (Å²) in [6, 6.07) is 8.89. The van der Waals surface area contributed by atoms with Crippen molar-refractivity contribution in [1.29, 1.82) is 0 Å². The summed E-state index contributed by atoms with van der Waals surface area (Å²) in [4.78, 5) is 0. The van der Waals surface area contributed by atoms with E-state index in [2.05, 4.69) is 0 Å². The molecule has 0 saturated carbocycles. The lowest BCUT2D eigenvalue weighted by molar-refractivity contribution is -0.137. The molecule has 0 aliphatic heterocycles. The van der Waals surface area contributed by atoms with Crippen molar-refractivity contribution in [3.8, 4) is 11.5 Å². The van der Waals surface area contributed by atoms with Gasteiger partial charge in [-0.2, -0.15) is 13.2 Å². The van der Waals surface area contributed by atoms with Crippen molar-refractivity contribution in [3.05, 3.63) is 58.6 Å². The van der Waals surface area contributed by atoms with Gasteiger partial charge in [-0.3, -0.25) is 0 Å². The van der Waals surface area contributed by atoms with E-state index in [1.165, 1.54) is 18.2 Å². The standard InChI is InChI=1S/C14H10ClF3O2/c15-11-4-1-9(13(19)7-11)8-20-12-5-2-10(3-6-12)14(16,17)18/h1-7,19H,8H2. The van der Waals surface area contributed by atoms with E-state index < -0.39 is 11.7 Å². The van der Waals surface area contributed by atoms with Gasteiger partial charge in [0.2, 0.25) is 0 Å². The smallest absolute Gasteiger partial charge is 0.416 e. The molecular weight excluding hydrogens is 293 g/mol. The third-order valence-electron chi connectivity index (χ3n) is 2.62. The quantitative estimate of drug-likeness (QED) is 0.894. The highest BCUT2D eigenvalue weighted by Gasteiger charge is 2.29. The maximum Gasteiger partial charge on any atom is 0.416 e. The predicted molar refractivity (Wildman–Crippen MR) is 68.9 cm³/mol. The minimum atomic E-state index is -4.37. The zero-order valence-electron chi connectivity index (χ0n) is 10.1. The molecule has 0 saturated heterocycles. The number of rotatable bonds is 3. The largest absolute Gasteiger partial charge is 0.507 e. The van der Waals surface area contributed by atoms with Crippen LogP contribution in [-0.2, 0) is 12.8 Å². The van der Waals surface area contributed by atoms with Gasteiger partial charge in [0.1, 0.15) is 18.1 Å². The SMILES string of the molecule is Oc1cc(Cl)ccc1COc1ccc(C(F)(F)F)cc1. The third-order valence-corrected chi connectivity index (χ3v) is 2.86. The Bertz CT molecular complexity index is 594. The molecule has 1 N–H and O–H groups in total. The number of alkyl halides is 3. The van der Waals surface area contributed by atoms with Crippen molar-refractivity contribution < 1.29 is 23.0 Å². The molecule has 2 nitrogen and oxygen atoms in total. The van der Waals surface area contributed by atoms with Gasteiger partial charge in [0.15, 0.2) is 0 Å². The summed E-state index contributed by atoms with van der Waals surface area (Å²) >= 11 is 5.69. The first kappa shape index (κ1) is 14.5. The van der Waals surface area contributed by atoms with Gasteiger partial charge in [0.05, 0.1) is 5.56 Å². The molecule has 0 aromatic heterocycles. The summed E-state index contributed by atoms with van der Waals surface area (Å²) in [6.07, 6.45) is -4.37. The van der Waals surface area contributed by atoms with E-state index in [0.717, 1.165) is 12.1 Å². The number of hydrogen-bond donors (Lipinski definition) is 1. The van der Waals surface area contributed by atoms with E-state index in [-0.39, 0.29) is 18.1 Å². The van der Waals surface area contributed by atoms with Crippen LogP contribution in [-0.4, -0.2) is 5.11 Å². The molecule has 106 valence electrons. The fraction of sp³-hybridized carbons (Fsp3) is 0.143. The van der Waals surface area contributed by atoms with Gasteiger partial charge in [-0.25, -0.2) is 0 Å². The molecular formula is C14H10ClF3O2. The van der Waals surface area contributed by atoms with Crippen LogP contribution in [0.25, 0.3) is 0 Å². The van der Waals surface area contributed by atoms with E-state index in [9.17, 15) is 18.3 Å². The molecule has 0 aliphatic carbocycles. The first-order chi connectivity index (χ1) is 9.36. The molecule has 0 amide bonds. The molecule has 2 aromatic carbocycles. The van der Waals surface area contributed by atoms with Crippen LogP contribution >= 0.6 is 11.6 Å². The van der Waals surface area contributed by atoms with E-state index in [1.54, 1.807) is 12.1 Å². The summed E-state index contributed by atoms with van der Waals surface area (Å²) in [6.45, 7) is 0.0361. The van der Waals surface area contributed by atoms with Crippen LogP contribution in [0.15, 0.2) is 42.5 Å². The Morgan fingerprint density at radius 2 is 1.70 bits per heavy atom. The number of aromatic hydroxyl groups is 1. The summed E-state index contributed by atoms with van der Waals surface area (Å²) in [5.41, 5.74) is -0.242. The second-order valence-corrected chi connectivity index (χ2v) is 4.52. The molecule has 2 aromatic rings. The Kier molecular flexibility index (Phi) is 4.09. The molecule has 0 atom stereocenters. The van der Waals surface area contributed by atoms with E-state index in [4.69, 9.17) is 16.3 Å². The second-order valence-electron chi connectivity index (χ2n) is 4.08. The van der Waals surface area contributed by atoms with Gasteiger partial charge in [-0.1, -0.05) is 17.7 Å². The van der Waals surface area contributed by atoms with Crippen molar-refractivity contribution in [2.45, 2.75) is 12.8 Å². The number of phenols is 1. The fourth-order valence-electron chi connectivity index (χ4n) is 1.56. The van der Waals surface area contributed by atoms with Gasteiger partial charge in [0, 0.05) is 10.6 Å². The predicted octanol–water partition coefficient (Wildman–Crippen LogP) is 4.64. The number of phenolic OH excluding ortho intramolecular Hbond substituents is 1. The van der Waals surface area contributed by atoms with Crippen molar-refractivity contribution >= 4 is 11.6 Å². The van der Waals surface area contributed by atoms with Gasteiger partial charge < -0.3 is 9.84 Å². The minimum Gasteiger partial charge on any atom is -0.507 e. The Labute approximate surface area is 118 Å². The third kappa shape index (κ3) is 3.57. The van der Waals surface area contributed by atoms with Gasteiger partial charge in [0.25, 0.3) is 0 Å². The molecule has 20 heavy (non-hydrogen) atoms. The van der Waals surface area contributed by atoms with Crippen LogP contribution in [0, 0.1) is 0 Å². The van der Waals surface area contributed by atoms with Crippen molar-refractivity contribution in [3.63, 3.8) is 0 Å². The van der Waals surface area contributed by atoms with Crippen LogP contribution in [0.5, 0.6) is 11.5 Å². The number of benzene rings is 2. The molecule has 0 heterocycles. The van der Waals surface area contributed by atoms with Crippen LogP contribution in [0.2, 0.25) is 5.02 Å². The molecule has 0 radical (unpaired) electrons. The Balaban J connectivity index is 2.04. The van der Waals surface area contributed by atoms with Crippen LogP contribution < -0.4 is 4.74 Å². The lowest BCUT2D eigenvalue weighted by atomic mass is 10.2. The van der Waals surface area contributed by atoms with Crippen molar-refractivity contribution in [2.75, 3.05) is 0 Å². The molecule has 2 rings (SSSR count). The highest BCUT2D eigenvalue weighted by Crippen LogP contribution is 2.30. The maximum atomic E-state index is 12.4. The maximum absolute atomic E-state index is 12.4. The molecule has 0 spiro atoms. The first-order valence-electron chi connectivity index (χ1n) is 5.64. The average molecular weight is 303 g/mol. The lowest BCUT2D eigenvalue weighted by Gasteiger charge is -2.10. The normalized spacial score (nSPS) is 11.4. The number of hydrogen-bond acceptors (Lipinski definition) is 2. The summed E-state index contributed by atoms with van der Waals surface area (Å²) < 4.78 is 42.4. The zero-order valence-corrected chi connectivity index (χ0v) is 10.9. The molecule has 0 bridgehead atoms. The summed E-state index contributed by atoms with van der Waals surface area (Å²) in [7, 11) is 0.